The van der Waals surface area contributed by atoms with Gasteiger partial charge in [-0.2, -0.15) is 5.10 Å². The first-order valence-electron chi connectivity index (χ1n) is 6.10. The van der Waals surface area contributed by atoms with E-state index in [1.54, 1.807) is 6.20 Å². The molecule has 0 bridgehead atoms. The summed E-state index contributed by atoms with van der Waals surface area (Å²) in [5, 5.41) is 7.76. The molecule has 5 heteroatoms. The van der Waals surface area contributed by atoms with E-state index in [2.05, 4.69) is 40.4 Å². The third-order valence-corrected chi connectivity index (χ3v) is 2.64. The van der Waals surface area contributed by atoms with Crippen LogP contribution >= 0.6 is 0 Å². The van der Waals surface area contributed by atoms with E-state index in [0.29, 0.717) is 0 Å². The number of aromatic amines is 1. The summed E-state index contributed by atoms with van der Waals surface area (Å²) >= 11 is 0. The highest BCUT2D eigenvalue weighted by Crippen LogP contribution is 2.18. The maximum Gasteiger partial charge on any atom is 0.127 e. The highest BCUT2D eigenvalue weighted by atomic mass is 15.3. The molecule has 2 N–H and O–H groups in total. The van der Waals surface area contributed by atoms with Crippen LogP contribution in [-0.2, 0) is 6.54 Å². The molecule has 1 unspecified atom stereocenters. The molecule has 17 heavy (non-hydrogen) atoms. The second-order valence-corrected chi connectivity index (χ2v) is 4.00. The van der Waals surface area contributed by atoms with Crippen molar-refractivity contribution in [2.24, 2.45) is 0 Å². The summed E-state index contributed by atoms with van der Waals surface area (Å²) in [6.07, 6.45) is 8.70. The molecule has 2 rings (SSSR count). The van der Waals surface area contributed by atoms with Gasteiger partial charge in [-0.05, 0) is 13.0 Å². The van der Waals surface area contributed by atoms with Crippen LogP contribution in [0.5, 0.6) is 0 Å². The Kier molecular flexibility index (Phi) is 3.93. The highest BCUT2D eigenvalue weighted by Gasteiger charge is 2.16. The highest BCUT2D eigenvalue weighted by molar-refractivity contribution is 5.19. The Morgan fingerprint density at radius 1 is 1.47 bits per heavy atom. The van der Waals surface area contributed by atoms with Crippen molar-refractivity contribution >= 4 is 0 Å². The van der Waals surface area contributed by atoms with Crippen molar-refractivity contribution in [1.29, 1.82) is 0 Å². The Morgan fingerprint density at radius 3 is 3.00 bits per heavy atom. The van der Waals surface area contributed by atoms with E-state index in [9.17, 15) is 0 Å². The van der Waals surface area contributed by atoms with E-state index in [4.69, 9.17) is 0 Å². The number of nitrogens with one attached hydrogen (secondary N) is 2. The molecule has 1 atom stereocenters. The number of rotatable bonds is 6. The van der Waals surface area contributed by atoms with Crippen molar-refractivity contribution in [3.05, 3.63) is 36.2 Å². The molecule has 0 radical (unpaired) electrons. The SMILES string of the molecule is CCCn1cc(C(NCC)c2ncc[nH]2)cn1. The van der Waals surface area contributed by atoms with Crippen LogP contribution in [0.15, 0.2) is 24.8 Å². The van der Waals surface area contributed by atoms with Gasteiger partial charge < -0.3 is 10.3 Å². The average Bonchev–Trinajstić information content (AvgIpc) is 2.97. The summed E-state index contributed by atoms with van der Waals surface area (Å²) in [6.45, 7) is 6.09. The van der Waals surface area contributed by atoms with Gasteiger partial charge >= 0.3 is 0 Å². The van der Waals surface area contributed by atoms with Gasteiger partial charge in [0.2, 0.25) is 0 Å². The van der Waals surface area contributed by atoms with Crippen molar-refractivity contribution in [2.45, 2.75) is 32.9 Å². The molecular formula is C12H19N5. The first-order chi connectivity index (χ1) is 8.35. The van der Waals surface area contributed by atoms with Gasteiger partial charge in [-0.1, -0.05) is 13.8 Å². The molecule has 92 valence electrons. The molecule has 2 aromatic rings. The molecule has 0 fully saturated rings. The van der Waals surface area contributed by atoms with Crippen LogP contribution in [0, 0.1) is 0 Å². The van der Waals surface area contributed by atoms with Gasteiger partial charge in [0.25, 0.3) is 0 Å². The second-order valence-electron chi connectivity index (χ2n) is 4.00. The van der Waals surface area contributed by atoms with Crippen molar-refractivity contribution in [2.75, 3.05) is 6.54 Å². The topological polar surface area (TPSA) is 58.5 Å². The molecule has 0 spiro atoms. The lowest BCUT2D eigenvalue weighted by molar-refractivity contribution is 0.590. The van der Waals surface area contributed by atoms with Gasteiger partial charge in [-0.15, -0.1) is 0 Å². The summed E-state index contributed by atoms with van der Waals surface area (Å²) in [4.78, 5) is 7.46. The minimum atomic E-state index is 0.0978. The van der Waals surface area contributed by atoms with Crippen LogP contribution in [0.4, 0.5) is 0 Å². The van der Waals surface area contributed by atoms with E-state index >= 15 is 0 Å². The van der Waals surface area contributed by atoms with Gasteiger partial charge in [0, 0.05) is 30.7 Å². The Hall–Kier alpha value is -1.62. The van der Waals surface area contributed by atoms with Crippen molar-refractivity contribution < 1.29 is 0 Å². The van der Waals surface area contributed by atoms with Crippen LogP contribution in [0.25, 0.3) is 0 Å². The van der Waals surface area contributed by atoms with E-state index < -0.39 is 0 Å². The third-order valence-electron chi connectivity index (χ3n) is 2.64. The fourth-order valence-corrected chi connectivity index (χ4v) is 1.89. The molecule has 0 aliphatic heterocycles. The van der Waals surface area contributed by atoms with Gasteiger partial charge in [0.05, 0.1) is 12.2 Å². The summed E-state index contributed by atoms with van der Waals surface area (Å²) in [5.74, 6) is 0.933. The summed E-state index contributed by atoms with van der Waals surface area (Å²) in [5.41, 5.74) is 1.15. The molecule has 5 nitrogen and oxygen atoms in total. The lowest BCUT2D eigenvalue weighted by Crippen LogP contribution is -2.22. The molecule has 0 aliphatic carbocycles. The standard InChI is InChI=1S/C12H19N5/c1-3-7-17-9-10(8-16-17)11(13-4-2)12-14-5-6-15-12/h5-6,8-9,11,13H,3-4,7H2,1-2H3,(H,14,15). The van der Waals surface area contributed by atoms with E-state index in [0.717, 1.165) is 30.9 Å². The molecule has 0 saturated heterocycles. The zero-order valence-corrected chi connectivity index (χ0v) is 10.3. The fourth-order valence-electron chi connectivity index (χ4n) is 1.89. The smallest absolute Gasteiger partial charge is 0.127 e. The monoisotopic (exact) mass is 233 g/mol. The Balaban J connectivity index is 2.20. The maximum absolute atomic E-state index is 4.35. The lowest BCUT2D eigenvalue weighted by atomic mass is 10.1. The van der Waals surface area contributed by atoms with Gasteiger partial charge in [0.1, 0.15) is 5.82 Å². The second kappa shape index (κ2) is 5.63. The summed E-state index contributed by atoms with van der Waals surface area (Å²) in [7, 11) is 0. The van der Waals surface area contributed by atoms with E-state index in [1.165, 1.54) is 0 Å². The van der Waals surface area contributed by atoms with Crippen LogP contribution in [0.3, 0.4) is 0 Å². The third kappa shape index (κ3) is 2.74. The van der Waals surface area contributed by atoms with Gasteiger partial charge in [-0.25, -0.2) is 4.98 Å². The largest absolute Gasteiger partial charge is 0.347 e. The number of aromatic nitrogens is 4. The van der Waals surface area contributed by atoms with Crippen LogP contribution in [-0.4, -0.2) is 26.3 Å². The van der Waals surface area contributed by atoms with E-state index in [1.807, 2.05) is 17.1 Å². The fraction of sp³-hybridized carbons (Fsp3) is 0.500. The Labute approximate surface area is 101 Å². The number of hydrogen-bond acceptors (Lipinski definition) is 3. The zero-order chi connectivity index (χ0) is 12.1. The first-order valence-corrected chi connectivity index (χ1v) is 6.10. The molecule has 2 aromatic heterocycles. The van der Waals surface area contributed by atoms with Gasteiger partial charge in [0.15, 0.2) is 0 Å². The molecule has 2 heterocycles. The Morgan fingerprint density at radius 2 is 2.35 bits per heavy atom. The van der Waals surface area contributed by atoms with Gasteiger partial charge in [-0.3, -0.25) is 4.68 Å². The number of H-pyrrole nitrogens is 1. The number of hydrogen-bond donors (Lipinski definition) is 2. The number of imidazole rings is 1. The predicted octanol–water partition coefficient (Wildman–Crippen LogP) is 1.72. The van der Waals surface area contributed by atoms with Crippen molar-refractivity contribution in [3.8, 4) is 0 Å². The Bertz CT molecular complexity index is 431. The molecule has 0 aromatic carbocycles. The van der Waals surface area contributed by atoms with Crippen LogP contribution in [0.1, 0.15) is 37.7 Å². The number of aryl methyl sites for hydroxylation is 1. The van der Waals surface area contributed by atoms with Crippen molar-refractivity contribution in [3.63, 3.8) is 0 Å². The average molecular weight is 233 g/mol. The predicted molar refractivity (Wildman–Crippen MR) is 66.6 cm³/mol. The molecule has 0 aliphatic rings. The first kappa shape index (κ1) is 11.9. The molecule has 0 amide bonds. The normalized spacial score (nSPS) is 12.8. The minimum absolute atomic E-state index is 0.0978. The molecule has 0 saturated carbocycles. The summed E-state index contributed by atoms with van der Waals surface area (Å²) in [6, 6.07) is 0.0978. The summed E-state index contributed by atoms with van der Waals surface area (Å²) < 4.78 is 1.97. The number of nitrogens with zero attached hydrogens (tertiary/aromatic N) is 3. The van der Waals surface area contributed by atoms with E-state index in [-0.39, 0.29) is 6.04 Å². The molecular weight excluding hydrogens is 214 g/mol. The van der Waals surface area contributed by atoms with Crippen LogP contribution < -0.4 is 5.32 Å². The quantitative estimate of drug-likeness (QED) is 0.798. The zero-order valence-electron chi connectivity index (χ0n) is 10.3. The minimum Gasteiger partial charge on any atom is -0.347 e. The van der Waals surface area contributed by atoms with Crippen molar-refractivity contribution in [1.82, 2.24) is 25.1 Å². The lowest BCUT2D eigenvalue weighted by Gasteiger charge is -2.13. The van der Waals surface area contributed by atoms with Crippen LogP contribution in [0.2, 0.25) is 0 Å². The maximum atomic E-state index is 4.35.